The maximum Gasteiger partial charge on any atom is 0.284 e. The molecule has 4 rings (SSSR count). The van der Waals surface area contributed by atoms with Crippen LogP contribution in [0.25, 0.3) is 11.5 Å². The van der Waals surface area contributed by atoms with Gasteiger partial charge in [-0.3, -0.25) is 10.1 Å². The summed E-state index contributed by atoms with van der Waals surface area (Å²) < 4.78 is 32.7. The molecule has 9 nitrogen and oxygen atoms in total. The predicted octanol–water partition coefficient (Wildman–Crippen LogP) is 3.97. The van der Waals surface area contributed by atoms with Crippen LogP contribution in [0.3, 0.4) is 0 Å². The van der Waals surface area contributed by atoms with Crippen LogP contribution in [-0.2, 0) is 10.0 Å². The predicted molar refractivity (Wildman–Crippen MR) is 110 cm³/mol. The number of hydrogen-bond acceptors (Lipinski definition) is 8. The Bertz CT molecular complexity index is 1160. The fourth-order valence-corrected chi connectivity index (χ4v) is 5.49. The summed E-state index contributed by atoms with van der Waals surface area (Å²) in [6.07, 6.45) is 2.56. The zero-order valence-corrected chi connectivity index (χ0v) is 17.4. The number of benzene rings is 2. The summed E-state index contributed by atoms with van der Waals surface area (Å²) in [5.41, 5.74) is 0.409. The molecule has 2 heterocycles. The van der Waals surface area contributed by atoms with Gasteiger partial charge in [-0.15, -0.1) is 10.2 Å². The fraction of sp³-hybridized carbons (Fsp3) is 0.263. The van der Waals surface area contributed by atoms with Crippen LogP contribution in [0.1, 0.15) is 19.3 Å². The smallest absolute Gasteiger partial charge is 0.284 e. The van der Waals surface area contributed by atoms with Gasteiger partial charge in [0.25, 0.3) is 10.9 Å². The molecule has 30 heavy (non-hydrogen) atoms. The SMILES string of the molecule is O=[N+]([O-])c1cc(S(=O)(=O)N2CCCCC2)ccc1Sc1nnc(-c2ccccc2)o1. The average Bonchev–Trinajstić information content (AvgIpc) is 3.23. The van der Waals surface area contributed by atoms with Gasteiger partial charge in [-0.05, 0) is 48.9 Å². The lowest BCUT2D eigenvalue weighted by atomic mass is 10.2. The third-order valence-electron chi connectivity index (χ3n) is 4.70. The van der Waals surface area contributed by atoms with E-state index in [-0.39, 0.29) is 20.7 Å². The topological polar surface area (TPSA) is 119 Å². The maximum absolute atomic E-state index is 12.8. The lowest BCUT2D eigenvalue weighted by Gasteiger charge is -2.25. The number of aromatic nitrogens is 2. The molecule has 1 aliphatic heterocycles. The molecule has 0 amide bonds. The first-order valence-electron chi connectivity index (χ1n) is 9.30. The fourth-order valence-electron chi connectivity index (χ4n) is 3.18. The molecule has 156 valence electrons. The molecule has 3 aromatic rings. The summed E-state index contributed by atoms with van der Waals surface area (Å²) in [5, 5.41) is 19.6. The molecule has 2 aromatic carbocycles. The van der Waals surface area contributed by atoms with Gasteiger partial charge >= 0.3 is 0 Å². The molecule has 0 bridgehead atoms. The molecule has 1 aromatic heterocycles. The van der Waals surface area contributed by atoms with Crippen molar-refractivity contribution in [3.8, 4) is 11.5 Å². The number of nitro benzene ring substituents is 1. The first-order chi connectivity index (χ1) is 14.4. The second-order valence-electron chi connectivity index (χ2n) is 6.69. The van der Waals surface area contributed by atoms with Crippen molar-refractivity contribution in [1.82, 2.24) is 14.5 Å². The summed E-state index contributed by atoms with van der Waals surface area (Å²) in [6, 6.07) is 13.0. The van der Waals surface area contributed by atoms with Gasteiger partial charge in [0.2, 0.25) is 15.9 Å². The molecular formula is C19H18N4O5S2. The number of hydrogen-bond donors (Lipinski definition) is 0. The van der Waals surface area contributed by atoms with Gasteiger partial charge in [0.1, 0.15) is 0 Å². The van der Waals surface area contributed by atoms with Gasteiger partial charge in [-0.25, -0.2) is 8.42 Å². The number of nitro groups is 1. The zero-order valence-electron chi connectivity index (χ0n) is 15.8. The molecule has 0 radical (unpaired) electrons. The quantitative estimate of drug-likeness (QED) is 0.412. The molecule has 1 fully saturated rings. The third-order valence-corrected chi connectivity index (χ3v) is 7.50. The maximum atomic E-state index is 12.8. The lowest BCUT2D eigenvalue weighted by Crippen LogP contribution is -2.35. The van der Waals surface area contributed by atoms with Crippen LogP contribution in [0.5, 0.6) is 0 Å². The number of rotatable bonds is 6. The van der Waals surface area contributed by atoms with E-state index in [1.54, 1.807) is 0 Å². The Hall–Kier alpha value is -2.76. The third kappa shape index (κ3) is 4.23. The standard InChI is InChI=1S/C19H18N4O5S2/c24-23(25)16-13-15(30(26,27)22-11-5-2-6-12-22)9-10-17(16)29-19-21-20-18(28-19)14-7-3-1-4-8-14/h1,3-4,7-10,13H,2,5-6,11-12H2. The molecular weight excluding hydrogens is 428 g/mol. The van der Waals surface area contributed by atoms with E-state index in [1.807, 2.05) is 30.3 Å². The van der Waals surface area contributed by atoms with E-state index >= 15 is 0 Å². The second-order valence-corrected chi connectivity index (χ2v) is 9.62. The van der Waals surface area contributed by atoms with Crippen molar-refractivity contribution < 1.29 is 17.8 Å². The van der Waals surface area contributed by atoms with Gasteiger partial charge in [0, 0.05) is 24.7 Å². The Morgan fingerprint density at radius 1 is 1.03 bits per heavy atom. The van der Waals surface area contributed by atoms with Gasteiger partial charge in [-0.2, -0.15) is 4.31 Å². The minimum Gasteiger partial charge on any atom is -0.411 e. The first kappa shape index (κ1) is 20.5. The average molecular weight is 447 g/mol. The van der Waals surface area contributed by atoms with Crippen molar-refractivity contribution in [2.75, 3.05) is 13.1 Å². The Labute approximate surface area is 177 Å². The van der Waals surface area contributed by atoms with Crippen LogP contribution in [0.4, 0.5) is 5.69 Å². The van der Waals surface area contributed by atoms with E-state index in [2.05, 4.69) is 10.2 Å². The summed E-state index contributed by atoms with van der Waals surface area (Å²) in [6.45, 7) is 0.855. The molecule has 1 saturated heterocycles. The highest BCUT2D eigenvalue weighted by Gasteiger charge is 2.29. The molecule has 0 unspecified atom stereocenters. The van der Waals surface area contributed by atoms with Gasteiger partial charge in [0.15, 0.2) is 0 Å². The van der Waals surface area contributed by atoms with Crippen LogP contribution in [-0.4, -0.2) is 40.9 Å². The largest absolute Gasteiger partial charge is 0.411 e. The van der Waals surface area contributed by atoms with E-state index in [1.165, 1.54) is 16.4 Å². The van der Waals surface area contributed by atoms with E-state index in [0.29, 0.717) is 19.0 Å². The van der Waals surface area contributed by atoms with Gasteiger partial charge < -0.3 is 4.42 Å². The molecule has 0 atom stereocenters. The molecule has 11 heteroatoms. The Morgan fingerprint density at radius 3 is 2.47 bits per heavy atom. The van der Waals surface area contributed by atoms with Crippen molar-refractivity contribution in [3.05, 3.63) is 58.6 Å². The van der Waals surface area contributed by atoms with E-state index < -0.39 is 14.9 Å². The van der Waals surface area contributed by atoms with Crippen LogP contribution < -0.4 is 0 Å². The van der Waals surface area contributed by atoms with Crippen molar-refractivity contribution in [2.45, 2.75) is 34.3 Å². The van der Waals surface area contributed by atoms with Crippen molar-refractivity contribution >= 4 is 27.5 Å². The summed E-state index contributed by atoms with van der Waals surface area (Å²) in [7, 11) is -3.77. The highest BCUT2D eigenvalue weighted by atomic mass is 32.2. The second kappa shape index (κ2) is 8.54. The minimum atomic E-state index is -3.77. The number of sulfonamides is 1. The zero-order chi connectivity index (χ0) is 21.1. The first-order valence-corrected chi connectivity index (χ1v) is 11.6. The monoisotopic (exact) mass is 446 g/mol. The molecule has 0 saturated carbocycles. The molecule has 0 spiro atoms. The van der Waals surface area contributed by atoms with Crippen molar-refractivity contribution in [2.24, 2.45) is 0 Å². The Balaban J connectivity index is 1.62. The van der Waals surface area contributed by atoms with E-state index in [9.17, 15) is 18.5 Å². The number of piperidine rings is 1. The van der Waals surface area contributed by atoms with Crippen LogP contribution >= 0.6 is 11.8 Å². The highest BCUT2D eigenvalue weighted by molar-refractivity contribution is 7.99. The molecule has 1 aliphatic rings. The summed E-state index contributed by atoms with van der Waals surface area (Å²) in [5.74, 6) is 0.296. The van der Waals surface area contributed by atoms with Crippen molar-refractivity contribution in [1.29, 1.82) is 0 Å². The van der Waals surface area contributed by atoms with Gasteiger partial charge in [0.05, 0.1) is 14.7 Å². The van der Waals surface area contributed by atoms with E-state index in [0.717, 1.165) is 42.7 Å². The van der Waals surface area contributed by atoms with Gasteiger partial charge in [-0.1, -0.05) is 24.6 Å². The Morgan fingerprint density at radius 2 is 1.77 bits per heavy atom. The Kier molecular flexibility index (Phi) is 5.84. The van der Waals surface area contributed by atoms with E-state index in [4.69, 9.17) is 4.42 Å². The van der Waals surface area contributed by atoms with Crippen LogP contribution in [0.2, 0.25) is 0 Å². The highest BCUT2D eigenvalue weighted by Crippen LogP contribution is 2.37. The number of nitrogens with zero attached hydrogens (tertiary/aromatic N) is 4. The normalized spacial score (nSPS) is 15.2. The summed E-state index contributed by atoms with van der Waals surface area (Å²) in [4.78, 5) is 11.1. The minimum absolute atomic E-state index is 0.0871. The molecule has 0 aliphatic carbocycles. The van der Waals surface area contributed by atoms with Crippen molar-refractivity contribution in [3.63, 3.8) is 0 Å². The van der Waals surface area contributed by atoms with Crippen LogP contribution in [0, 0.1) is 10.1 Å². The van der Waals surface area contributed by atoms with Crippen LogP contribution in [0.15, 0.2) is 68.0 Å². The molecule has 0 N–H and O–H groups in total. The summed E-state index contributed by atoms with van der Waals surface area (Å²) >= 11 is 0.923. The lowest BCUT2D eigenvalue weighted by molar-refractivity contribution is -0.388.